The van der Waals surface area contributed by atoms with Crippen molar-refractivity contribution in [2.24, 2.45) is 7.05 Å². The highest BCUT2D eigenvalue weighted by molar-refractivity contribution is 5.95. The van der Waals surface area contributed by atoms with Gasteiger partial charge < -0.3 is 9.88 Å². The number of carbonyl (C=O) groups is 1. The number of nitrogens with zero attached hydrogens (tertiary/aromatic N) is 4. The van der Waals surface area contributed by atoms with Crippen molar-refractivity contribution in [3.63, 3.8) is 0 Å². The number of amides is 1. The SMILES string of the molecule is Cn1cc(C(=O)N2CCc3nc[nH]c(=O)c3C2)c(C(C)(C)C)n1. The number of hydrogen-bond donors (Lipinski definition) is 1. The highest BCUT2D eigenvalue weighted by Crippen LogP contribution is 2.26. The minimum Gasteiger partial charge on any atom is -0.334 e. The highest BCUT2D eigenvalue weighted by Gasteiger charge is 2.30. The molecular formula is C16H21N5O2. The number of carbonyl (C=O) groups excluding carboxylic acids is 1. The molecule has 3 heterocycles. The van der Waals surface area contributed by atoms with Crippen molar-refractivity contribution in [2.75, 3.05) is 6.54 Å². The van der Waals surface area contributed by atoms with Gasteiger partial charge in [-0.1, -0.05) is 20.8 Å². The summed E-state index contributed by atoms with van der Waals surface area (Å²) in [6, 6.07) is 0. The van der Waals surface area contributed by atoms with Crippen LogP contribution in [0.15, 0.2) is 17.3 Å². The van der Waals surface area contributed by atoms with Gasteiger partial charge in [-0.15, -0.1) is 0 Å². The maximum Gasteiger partial charge on any atom is 0.257 e. The van der Waals surface area contributed by atoms with Crippen LogP contribution >= 0.6 is 0 Å². The van der Waals surface area contributed by atoms with Gasteiger partial charge in [-0.25, -0.2) is 4.98 Å². The number of hydrogen-bond acceptors (Lipinski definition) is 4. The number of H-pyrrole nitrogens is 1. The summed E-state index contributed by atoms with van der Waals surface area (Å²) in [5, 5.41) is 4.45. The van der Waals surface area contributed by atoms with Crippen LogP contribution in [0, 0.1) is 0 Å². The largest absolute Gasteiger partial charge is 0.334 e. The van der Waals surface area contributed by atoms with Gasteiger partial charge in [0.05, 0.1) is 35.4 Å². The summed E-state index contributed by atoms with van der Waals surface area (Å²) < 4.78 is 1.67. The maximum atomic E-state index is 12.9. The minimum atomic E-state index is -0.223. The van der Waals surface area contributed by atoms with E-state index >= 15 is 0 Å². The third kappa shape index (κ3) is 2.78. The number of fused-ring (bicyclic) bond motifs is 1. The summed E-state index contributed by atoms with van der Waals surface area (Å²) in [6.45, 7) is 6.95. The van der Waals surface area contributed by atoms with Gasteiger partial charge >= 0.3 is 0 Å². The Kier molecular flexibility index (Phi) is 3.58. The first-order valence-corrected chi connectivity index (χ1v) is 7.66. The molecule has 0 bridgehead atoms. The first kappa shape index (κ1) is 15.5. The molecule has 122 valence electrons. The normalized spacial score (nSPS) is 14.7. The van der Waals surface area contributed by atoms with Crippen molar-refractivity contribution < 1.29 is 4.79 Å². The van der Waals surface area contributed by atoms with Gasteiger partial charge in [-0.2, -0.15) is 5.10 Å². The highest BCUT2D eigenvalue weighted by atomic mass is 16.2. The van der Waals surface area contributed by atoms with E-state index in [1.54, 1.807) is 15.8 Å². The van der Waals surface area contributed by atoms with Crippen molar-refractivity contribution in [3.8, 4) is 0 Å². The molecule has 0 fully saturated rings. The molecule has 1 aliphatic heterocycles. The molecule has 0 unspecified atom stereocenters. The Labute approximate surface area is 134 Å². The predicted molar refractivity (Wildman–Crippen MR) is 85.2 cm³/mol. The lowest BCUT2D eigenvalue weighted by Crippen LogP contribution is -2.40. The molecule has 0 radical (unpaired) electrons. The Hall–Kier alpha value is -2.44. The van der Waals surface area contributed by atoms with E-state index in [2.05, 4.69) is 15.1 Å². The minimum absolute atomic E-state index is 0.0862. The van der Waals surface area contributed by atoms with Gasteiger partial charge in [0.1, 0.15) is 0 Å². The van der Waals surface area contributed by atoms with Crippen molar-refractivity contribution in [3.05, 3.63) is 45.4 Å². The quantitative estimate of drug-likeness (QED) is 0.851. The summed E-state index contributed by atoms with van der Waals surface area (Å²) >= 11 is 0. The smallest absolute Gasteiger partial charge is 0.257 e. The second-order valence-corrected chi connectivity index (χ2v) is 6.95. The molecule has 1 aliphatic rings. The van der Waals surface area contributed by atoms with Crippen molar-refractivity contribution >= 4 is 5.91 Å². The zero-order valence-corrected chi connectivity index (χ0v) is 13.9. The molecule has 3 rings (SSSR count). The van der Waals surface area contributed by atoms with Crippen LogP contribution in [0.1, 0.15) is 48.1 Å². The lowest BCUT2D eigenvalue weighted by molar-refractivity contribution is 0.0730. The maximum absolute atomic E-state index is 12.9. The number of aryl methyl sites for hydroxylation is 1. The molecule has 1 amide bonds. The molecule has 0 atom stereocenters. The van der Waals surface area contributed by atoms with E-state index in [1.807, 2.05) is 27.8 Å². The number of nitrogens with one attached hydrogen (secondary N) is 1. The van der Waals surface area contributed by atoms with E-state index in [4.69, 9.17) is 0 Å². The molecule has 1 N–H and O–H groups in total. The van der Waals surface area contributed by atoms with Crippen LogP contribution in [0.3, 0.4) is 0 Å². The number of aromatic amines is 1. The third-order valence-electron chi connectivity index (χ3n) is 4.06. The standard InChI is InChI=1S/C16H21N5O2/c1-16(2,3)13-11(7-20(4)19-13)15(23)21-6-5-12-10(8-21)14(22)18-9-17-12/h7,9H,5-6,8H2,1-4H3,(H,17,18,22). The van der Waals surface area contributed by atoms with E-state index in [1.165, 1.54) is 6.33 Å². The predicted octanol–water partition coefficient (Wildman–Crippen LogP) is 0.999. The van der Waals surface area contributed by atoms with E-state index in [9.17, 15) is 9.59 Å². The monoisotopic (exact) mass is 315 g/mol. The fourth-order valence-corrected chi connectivity index (χ4v) is 2.90. The molecule has 7 heteroatoms. The second kappa shape index (κ2) is 5.33. The molecule has 7 nitrogen and oxygen atoms in total. The zero-order valence-electron chi connectivity index (χ0n) is 13.9. The Balaban J connectivity index is 1.94. The second-order valence-electron chi connectivity index (χ2n) is 6.95. The first-order valence-electron chi connectivity index (χ1n) is 7.66. The molecule has 0 aliphatic carbocycles. The van der Waals surface area contributed by atoms with Crippen molar-refractivity contribution in [2.45, 2.75) is 39.2 Å². The summed E-state index contributed by atoms with van der Waals surface area (Å²) in [4.78, 5) is 33.4. The molecular weight excluding hydrogens is 294 g/mol. The van der Waals surface area contributed by atoms with Gasteiger partial charge in [0, 0.05) is 31.6 Å². The summed E-state index contributed by atoms with van der Waals surface area (Å²) in [7, 11) is 1.81. The van der Waals surface area contributed by atoms with Crippen molar-refractivity contribution in [1.29, 1.82) is 0 Å². The van der Waals surface area contributed by atoms with E-state index < -0.39 is 0 Å². The van der Waals surface area contributed by atoms with Gasteiger partial charge in [0.25, 0.3) is 11.5 Å². The third-order valence-corrected chi connectivity index (χ3v) is 4.06. The van der Waals surface area contributed by atoms with Crippen LogP contribution in [-0.4, -0.2) is 37.1 Å². The number of rotatable bonds is 1. The summed E-state index contributed by atoms with van der Waals surface area (Å²) in [5.74, 6) is -0.0862. The lowest BCUT2D eigenvalue weighted by Gasteiger charge is -2.28. The van der Waals surface area contributed by atoms with Crippen LogP contribution < -0.4 is 5.56 Å². The summed E-state index contributed by atoms with van der Waals surface area (Å²) in [6.07, 6.45) is 3.76. The zero-order chi connectivity index (χ0) is 16.8. The van der Waals surface area contributed by atoms with Crippen LogP contribution in [0.25, 0.3) is 0 Å². The van der Waals surface area contributed by atoms with Gasteiger partial charge in [-0.3, -0.25) is 14.3 Å². The molecule has 2 aromatic heterocycles. The molecule has 2 aromatic rings. The molecule has 0 saturated heterocycles. The Morgan fingerprint density at radius 3 is 2.78 bits per heavy atom. The van der Waals surface area contributed by atoms with Gasteiger partial charge in [0.2, 0.25) is 0 Å². The number of aromatic nitrogens is 4. The van der Waals surface area contributed by atoms with Crippen LogP contribution in [0.2, 0.25) is 0 Å². The Morgan fingerprint density at radius 2 is 2.09 bits per heavy atom. The average molecular weight is 315 g/mol. The van der Waals surface area contributed by atoms with Crippen LogP contribution in [0.4, 0.5) is 0 Å². The Bertz CT molecular complexity index is 813. The van der Waals surface area contributed by atoms with Gasteiger partial charge in [0.15, 0.2) is 0 Å². The van der Waals surface area contributed by atoms with E-state index in [-0.39, 0.29) is 23.4 Å². The van der Waals surface area contributed by atoms with Crippen LogP contribution in [0.5, 0.6) is 0 Å². The Morgan fingerprint density at radius 1 is 1.35 bits per heavy atom. The first-order chi connectivity index (χ1) is 10.8. The van der Waals surface area contributed by atoms with Gasteiger partial charge in [-0.05, 0) is 0 Å². The topological polar surface area (TPSA) is 83.9 Å². The van der Waals surface area contributed by atoms with Crippen LogP contribution in [-0.2, 0) is 25.4 Å². The van der Waals surface area contributed by atoms with E-state index in [0.717, 1.165) is 11.4 Å². The molecule has 0 saturated carbocycles. The lowest BCUT2D eigenvalue weighted by atomic mass is 9.89. The van der Waals surface area contributed by atoms with Crippen molar-refractivity contribution in [1.82, 2.24) is 24.6 Å². The summed E-state index contributed by atoms with van der Waals surface area (Å²) in [5.41, 5.74) is 2.33. The molecule has 0 aromatic carbocycles. The molecule has 0 spiro atoms. The average Bonchev–Trinajstić information content (AvgIpc) is 2.89. The fraction of sp³-hybridized carbons (Fsp3) is 0.500. The fourth-order valence-electron chi connectivity index (χ4n) is 2.90. The molecule has 23 heavy (non-hydrogen) atoms. The van der Waals surface area contributed by atoms with E-state index in [0.29, 0.717) is 24.1 Å².